The third kappa shape index (κ3) is 2.05. The van der Waals surface area contributed by atoms with Crippen LogP contribution in [0.25, 0.3) is 0 Å². The fraction of sp³-hybridized carbons (Fsp3) is 0.167. The van der Waals surface area contributed by atoms with Gasteiger partial charge in [0.1, 0.15) is 10.9 Å². The van der Waals surface area contributed by atoms with Crippen LogP contribution in [0, 0.1) is 11.3 Å². The first-order chi connectivity index (χ1) is 7.85. The van der Waals surface area contributed by atoms with Gasteiger partial charge >= 0.3 is 0 Å². The molecule has 0 fully saturated rings. The minimum absolute atomic E-state index is 0.617. The van der Waals surface area contributed by atoms with Crippen molar-refractivity contribution in [2.24, 2.45) is 0 Å². The summed E-state index contributed by atoms with van der Waals surface area (Å²) >= 11 is 1.35. The summed E-state index contributed by atoms with van der Waals surface area (Å²) in [5.74, 6) is 0.647. The van der Waals surface area contributed by atoms with E-state index < -0.39 is 0 Å². The Morgan fingerprint density at radius 1 is 1.44 bits per heavy atom. The summed E-state index contributed by atoms with van der Waals surface area (Å²) in [6.45, 7) is 2.10. The highest BCUT2D eigenvalue weighted by Gasteiger charge is 2.07. The van der Waals surface area contributed by atoms with Crippen LogP contribution in [-0.2, 0) is 6.42 Å². The van der Waals surface area contributed by atoms with E-state index in [2.05, 4.69) is 29.4 Å². The fourth-order valence-electron chi connectivity index (χ4n) is 1.49. The van der Waals surface area contributed by atoms with Crippen LogP contribution in [0.5, 0.6) is 0 Å². The molecule has 2 aromatic rings. The second-order valence-electron chi connectivity index (χ2n) is 3.28. The molecule has 4 heteroatoms. The summed E-state index contributed by atoms with van der Waals surface area (Å²) in [6.07, 6.45) is 0.954. The van der Waals surface area contributed by atoms with E-state index in [1.807, 2.05) is 18.2 Å². The lowest BCUT2D eigenvalue weighted by Gasteiger charge is -2.08. The molecule has 0 unspecified atom stereocenters. The van der Waals surface area contributed by atoms with E-state index in [-0.39, 0.29) is 0 Å². The average Bonchev–Trinajstić information content (AvgIpc) is 2.77. The second-order valence-corrected chi connectivity index (χ2v) is 4.13. The van der Waals surface area contributed by atoms with Crippen LogP contribution in [0.2, 0.25) is 0 Å². The molecule has 0 aliphatic rings. The molecule has 3 nitrogen and oxygen atoms in total. The van der Waals surface area contributed by atoms with E-state index in [1.54, 1.807) is 5.51 Å². The molecule has 2 rings (SSSR count). The number of hydrogen-bond donors (Lipinski definition) is 1. The smallest absolute Gasteiger partial charge is 0.159 e. The molecule has 0 aliphatic carbocycles. The third-order valence-corrected chi connectivity index (χ3v) is 3.05. The molecule has 1 N–H and O–H groups in total. The summed E-state index contributed by atoms with van der Waals surface area (Å²) in [6, 6.07) is 10.2. The quantitative estimate of drug-likeness (QED) is 0.878. The first-order valence-corrected chi connectivity index (χ1v) is 5.91. The number of nitrogens with zero attached hydrogens (tertiary/aromatic N) is 2. The van der Waals surface area contributed by atoms with Gasteiger partial charge in [-0.15, -0.1) is 11.3 Å². The zero-order valence-corrected chi connectivity index (χ0v) is 9.71. The van der Waals surface area contributed by atoms with Crippen molar-refractivity contribution in [1.29, 1.82) is 5.26 Å². The SMILES string of the molecule is CCc1ccccc1Nc1ncsc1C#N. The Labute approximate surface area is 98.4 Å². The Hall–Kier alpha value is -1.86. The number of rotatable bonds is 3. The van der Waals surface area contributed by atoms with Crippen LogP contribution in [0.1, 0.15) is 17.4 Å². The molecule has 1 aromatic carbocycles. The van der Waals surface area contributed by atoms with Gasteiger partial charge in [0, 0.05) is 5.69 Å². The predicted molar refractivity (Wildman–Crippen MR) is 65.9 cm³/mol. The van der Waals surface area contributed by atoms with Gasteiger partial charge in [-0.25, -0.2) is 4.98 Å². The van der Waals surface area contributed by atoms with Crippen molar-refractivity contribution < 1.29 is 0 Å². The molecule has 0 bridgehead atoms. The molecular formula is C12H11N3S. The van der Waals surface area contributed by atoms with Crippen LogP contribution >= 0.6 is 11.3 Å². The maximum Gasteiger partial charge on any atom is 0.159 e. The van der Waals surface area contributed by atoms with Gasteiger partial charge in [-0.1, -0.05) is 25.1 Å². The molecule has 1 heterocycles. The molecule has 0 amide bonds. The van der Waals surface area contributed by atoms with Crippen molar-refractivity contribution in [3.05, 3.63) is 40.2 Å². The molecule has 0 atom stereocenters. The Bertz CT molecular complexity index is 525. The van der Waals surface area contributed by atoms with E-state index in [4.69, 9.17) is 5.26 Å². The van der Waals surface area contributed by atoms with Gasteiger partial charge in [-0.2, -0.15) is 5.26 Å². The van der Waals surface area contributed by atoms with Crippen molar-refractivity contribution in [3.8, 4) is 6.07 Å². The number of thiazole rings is 1. The number of nitrogens with one attached hydrogen (secondary N) is 1. The van der Waals surface area contributed by atoms with Crippen molar-refractivity contribution in [2.75, 3.05) is 5.32 Å². The molecular weight excluding hydrogens is 218 g/mol. The lowest BCUT2D eigenvalue weighted by molar-refractivity contribution is 1.14. The molecule has 0 radical (unpaired) electrons. The van der Waals surface area contributed by atoms with E-state index >= 15 is 0 Å². The van der Waals surface area contributed by atoms with Crippen LogP contribution in [0.15, 0.2) is 29.8 Å². The largest absolute Gasteiger partial charge is 0.338 e. The number of hydrogen-bond acceptors (Lipinski definition) is 4. The van der Waals surface area contributed by atoms with Crippen LogP contribution in [0.4, 0.5) is 11.5 Å². The van der Waals surface area contributed by atoms with Gasteiger partial charge in [-0.05, 0) is 18.1 Å². The van der Waals surface area contributed by atoms with E-state index in [1.165, 1.54) is 16.9 Å². The molecule has 0 saturated carbocycles. The van der Waals surface area contributed by atoms with Crippen LogP contribution in [-0.4, -0.2) is 4.98 Å². The standard InChI is InChI=1S/C12H11N3S/c1-2-9-5-3-4-6-10(9)15-12-11(7-13)16-8-14-12/h3-6,8,15H,2H2,1H3. The number of aryl methyl sites for hydroxylation is 1. The molecule has 1 aromatic heterocycles. The maximum atomic E-state index is 8.89. The van der Waals surface area contributed by atoms with E-state index in [0.29, 0.717) is 10.7 Å². The van der Waals surface area contributed by atoms with Gasteiger partial charge in [0.25, 0.3) is 0 Å². The number of nitriles is 1. The second kappa shape index (κ2) is 4.77. The Balaban J connectivity index is 2.31. The molecule has 0 spiro atoms. The highest BCUT2D eigenvalue weighted by molar-refractivity contribution is 7.10. The minimum Gasteiger partial charge on any atom is -0.338 e. The van der Waals surface area contributed by atoms with Crippen LogP contribution in [0.3, 0.4) is 0 Å². The average molecular weight is 229 g/mol. The summed E-state index contributed by atoms with van der Waals surface area (Å²) in [5, 5.41) is 12.1. The number of benzene rings is 1. The summed E-state index contributed by atoms with van der Waals surface area (Å²) < 4.78 is 0. The monoisotopic (exact) mass is 229 g/mol. The Morgan fingerprint density at radius 2 is 2.25 bits per heavy atom. The number of aromatic nitrogens is 1. The Morgan fingerprint density at radius 3 is 3.00 bits per heavy atom. The molecule has 16 heavy (non-hydrogen) atoms. The first kappa shape index (κ1) is 10.7. The minimum atomic E-state index is 0.617. The third-order valence-electron chi connectivity index (χ3n) is 2.32. The van der Waals surface area contributed by atoms with Gasteiger partial charge in [0.15, 0.2) is 5.82 Å². The Kier molecular flexibility index (Phi) is 3.18. The van der Waals surface area contributed by atoms with Crippen LogP contribution < -0.4 is 5.32 Å². The molecule has 80 valence electrons. The topological polar surface area (TPSA) is 48.7 Å². The van der Waals surface area contributed by atoms with Crippen molar-refractivity contribution >= 4 is 22.8 Å². The lowest BCUT2D eigenvalue weighted by atomic mass is 10.1. The summed E-state index contributed by atoms with van der Waals surface area (Å²) in [4.78, 5) is 4.76. The van der Waals surface area contributed by atoms with Gasteiger partial charge in [-0.3, -0.25) is 0 Å². The zero-order valence-electron chi connectivity index (χ0n) is 8.90. The van der Waals surface area contributed by atoms with Crippen molar-refractivity contribution in [2.45, 2.75) is 13.3 Å². The fourth-order valence-corrected chi connectivity index (χ4v) is 2.02. The zero-order chi connectivity index (χ0) is 11.4. The van der Waals surface area contributed by atoms with E-state index in [0.717, 1.165) is 12.1 Å². The number of para-hydroxylation sites is 1. The normalized spacial score (nSPS) is 9.75. The summed E-state index contributed by atoms with van der Waals surface area (Å²) in [5.41, 5.74) is 3.92. The van der Waals surface area contributed by atoms with E-state index in [9.17, 15) is 0 Å². The molecule has 0 saturated heterocycles. The predicted octanol–water partition coefficient (Wildman–Crippen LogP) is 3.32. The highest BCUT2D eigenvalue weighted by atomic mass is 32.1. The van der Waals surface area contributed by atoms with Crippen molar-refractivity contribution in [1.82, 2.24) is 4.98 Å². The highest BCUT2D eigenvalue weighted by Crippen LogP contribution is 2.24. The summed E-state index contributed by atoms with van der Waals surface area (Å²) in [7, 11) is 0. The first-order valence-electron chi connectivity index (χ1n) is 5.03. The van der Waals surface area contributed by atoms with Crippen molar-refractivity contribution in [3.63, 3.8) is 0 Å². The van der Waals surface area contributed by atoms with Gasteiger partial charge in [0.2, 0.25) is 0 Å². The molecule has 0 aliphatic heterocycles. The lowest BCUT2D eigenvalue weighted by Crippen LogP contribution is -1.96. The number of anilines is 2. The maximum absolute atomic E-state index is 8.89. The van der Waals surface area contributed by atoms with Gasteiger partial charge < -0.3 is 5.32 Å². The van der Waals surface area contributed by atoms with Gasteiger partial charge in [0.05, 0.1) is 5.51 Å².